The number of amides is 1. The van der Waals surface area contributed by atoms with Gasteiger partial charge in [-0.05, 0) is 30.8 Å². The maximum atomic E-state index is 12.4. The Bertz CT molecular complexity index is 938. The van der Waals surface area contributed by atoms with E-state index in [0.29, 0.717) is 19.0 Å². The van der Waals surface area contributed by atoms with E-state index in [1.807, 2.05) is 6.07 Å². The van der Waals surface area contributed by atoms with Crippen LogP contribution in [0.3, 0.4) is 0 Å². The number of carbonyl (C=O) groups is 1. The van der Waals surface area contributed by atoms with Crippen LogP contribution >= 0.6 is 11.3 Å². The van der Waals surface area contributed by atoms with E-state index in [1.54, 1.807) is 11.3 Å². The molecule has 244 valence electrons. The average Bonchev–Trinajstić information content (AvgIpc) is 3.71. The van der Waals surface area contributed by atoms with Crippen LogP contribution in [0.5, 0.6) is 5.88 Å². The summed E-state index contributed by atoms with van der Waals surface area (Å²) in [6.45, 7) is 4.85. The van der Waals surface area contributed by atoms with E-state index in [9.17, 15) is 4.79 Å². The van der Waals surface area contributed by atoms with Crippen molar-refractivity contribution in [3.8, 4) is 5.88 Å². The highest BCUT2D eigenvalue weighted by molar-refractivity contribution is 7.07. The third kappa shape index (κ3) is 16.5. The number of carbonyl (C=O) groups excluding carboxylic acids is 1. The van der Waals surface area contributed by atoms with Crippen molar-refractivity contribution in [3.05, 3.63) is 28.9 Å². The van der Waals surface area contributed by atoms with Gasteiger partial charge in [0.15, 0.2) is 6.20 Å². The number of nitrogens with one attached hydrogen (secondary N) is 1. The number of aromatic nitrogens is 2. The normalized spacial score (nSPS) is 16.8. The van der Waals surface area contributed by atoms with Gasteiger partial charge in [0.05, 0.1) is 5.38 Å². The van der Waals surface area contributed by atoms with Crippen molar-refractivity contribution in [2.45, 2.75) is 154 Å². The minimum atomic E-state index is -0.366. The zero-order chi connectivity index (χ0) is 30.2. The molecule has 0 spiro atoms. The van der Waals surface area contributed by atoms with Gasteiger partial charge in [-0.15, -0.1) is 0 Å². The minimum Gasteiger partial charge on any atom is -0.473 e. The molecule has 2 atom stereocenters. The molecule has 3 rings (SSSR count). The molecule has 0 bridgehead atoms. The van der Waals surface area contributed by atoms with E-state index in [2.05, 4.69) is 39.1 Å². The molecule has 0 aromatic carbocycles. The van der Waals surface area contributed by atoms with Crippen molar-refractivity contribution in [2.24, 2.45) is 0 Å². The van der Waals surface area contributed by atoms with Gasteiger partial charge in [0.25, 0.3) is 5.88 Å². The molecule has 1 aliphatic rings. The Balaban J connectivity index is 1.16. The van der Waals surface area contributed by atoms with Gasteiger partial charge in [-0.25, -0.2) is 4.79 Å². The van der Waals surface area contributed by atoms with Crippen molar-refractivity contribution in [1.82, 2.24) is 10.5 Å². The summed E-state index contributed by atoms with van der Waals surface area (Å²) in [5, 5.41) is 9.05. The van der Waals surface area contributed by atoms with E-state index in [4.69, 9.17) is 18.7 Å². The second-order valence-electron chi connectivity index (χ2n) is 12.0. The quantitative estimate of drug-likeness (QED) is 0.0884. The molecule has 1 saturated heterocycles. The standard InChI is InChI=1S/C34H57N3O5S/c1-2-3-4-5-6-7-8-9-10-11-12-13-14-15-17-22-35-34(38)41-31-21-19-25-39-32(31)28-40-33-27-30(42-36-33)20-16-18-23-37-24-26-43-29-37/h24,26-27,29,31-32H,2-23,25,28H2,1H3/p+1. The van der Waals surface area contributed by atoms with Gasteiger partial charge in [-0.3, -0.25) is 0 Å². The van der Waals surface area contributed by atoms with Gasteiger partial charge in [0.1, 0.15) is 31.1 Å². The third-order valence-electron chi connectivity index (χ3n) is 8.24. The molecule has 9 heteroatoms. The Kier molecular flexibility index (Phi) is 19.1. The zero-order valence-electron chi connectivity index (χ0n) is 26.8. The summed E-state index contributed by atoms with van der Waals surface area (Å²) in [5.41, 5.74) is 2.12. The van der Waals surface area contributed by atoms with E-state index < -0.39 is 0 Å². The van der Waals surface area contributed by atoms with Gasteiger partial charge in [-0.2, -0.15) is 4.57 Å². The van der Waals surface area contributed by atoms with E-state index >= 15 is 0 Å². The largest absolute Gasteiger partial charge is 0.473 e. The van der Waals surface area contributed by atoms with Gasteiger partial charge in [-0.1, -0.05) is 108 Å². The lowest BCUT2D eigenvalue weighted by Gasteiger charge is -2.30. The van der Waals surface area contributed by atoms with E-state index in [-0.39, 0.29) is 24.9 Å². The molecule has 0 radical (unpaired) electrons. The average molecular weight is 621 g/mol. The lowest BCUT2D eigenvalue weighted by Crippen LogP contribution is -2.43. The van der Waals surface area contributed by atoms with Crippen LogP contribution in [0.1, 0.15) is 135 Å². The highest BCUT2D eigenvalue weighted by Gasteiger charge is 2.30. The molecule has 43 heavy (non-hydrogen) atoms. The highest BCUT2D eigenvalue weighted by Crippen LogP contribution is 2.20. The van der Waals surface area contributed by atoms with E-state index in [0.717, 1.165) is 57.3 Å². The van der Waals surface area contributed by atoms with Crippen LogP contribution in [0.4, 0.5) is 4.79 Å². The zero-order valence-corrected chi connectivity index (χ0v) is 27.6. The highest BCUT2D eigenvalue weighted by atomic mass is 32.1. The summed E-state index contributed by atoms with van der Waals surface area (Å²) in [5.74, 6) is 1.27. The summed E-state index contributed by atoms with van der Waals surface area (Å²) in [7, 11) is 0. The summed E-state index contributed by atoms with van der Waals surface area (Å²) < 4.78 is 25.1. The summed E-state index contributed by atoms with van der Waals surface area (Å²) >= 11 is 1.70. The SMILES string of the molecule is CCCCCCCCCCCCCCCCCNC(=O)OC1CCCOC1COc1cc(CCCC[n+]2ccsc2)on1. The topological polar surface area (TPSA) is 86.7 Å². The molecule has 1 fully saturated rings. The molecular formula is C34H58N3O5S+. The lowest BCUT2D eigenvalue weighted by molar-refractivity contribution is -0.692. The number of aryl methyl sites for hydroxylation is 2. The number of alkyl carbamates (subject to hydrolysis) is 1. The number of ether oxygens (including phenoxy) is 3. The Morgan fingerprint density at radius 3 is 2.35 bits per heavy atom. The predicted octanol–water partition coefficient (Wildman–Crippen LogP) is 8.57. The molecule has 2 aromatic heterocycles. The van der Waals surface area contributed by atoms with Crippen LogP contribution in [0, 0.1) is 0 Å². The second kappa shape index (κ2) is 23.3. The monoisotopic (exact) mass is 620 g/mol. The number of hydrogen-bond donors (Lipinski definition) is 1. The first-order valence-electron chi connectivity index (χ1n) is 17.3. The first kappa shape index (κ1) is 35.4. The van der Waals surface area contributed by atoms with Crippen molar-refractivity contribution in [1.29, 1.82) is 0 Å². The summed E-state index contributed by atoms with van der Waals surface area (Å²) in [4.78, 5) is 12.4. The van der Waals surface area contributed by atoms with Crippen LogP contribution in [0.15, 0.2) is 27.7 Å². The van der Waals surface area contributed by atoms with Crippen LogP contribution < -0.4 is 14.6 Å². The Morgan fingerprint density at radius 1 is 0.977 bits per heavy atom. The molecule has 3 heterocycles. The molecule has 1 aliphatic heterocycles. The maximum Gasteiger partial charge on any atom is 0.407 e. The first-order valence-corrected chi connectivity index (χ1v) is 18.2. The van der Waals surface area contributed by atoms with Gasteiger partial charge in [0.2, 0.25) is 5.51 Å². The van der Waals surface area contributed by atoms with Gasteiger partial charge in [0, 0.05) is 32.1 Å². The Hall–Kier alpha value is -2.13. The van der Waals surface area contributed by atoms with Crippen LogP contribution in [-0.2, 0) is 22.4 Å². The minimum absolute atomic E-state index is 0.276. The van der Waals surface area contributed by atoms with Crippen molar-refractivity contribution in [2.75, 3.05) is 19.8 Å². The number of thiazole rings is 1. The number of unbranched alkanes of at least 4 members (excludes halogenated alkanes) is 15. The van der Waals surface area contributed by atoms with Crippen LogP contribution in [0.2, 0.25) is 0 Å². The van der Waals surface area contributed by atoms with Crippen LogP contribution in [0.25, 0.3) is 0 Å². The lowest BCUT2D eigenvalue weighted by atomic mass is 10.0. The Morgan fingerprint density at radius 2 is 1.67 bits per heavy atom. The summed E-state index contributed by atoms with van der Waals surface area (Å²) in [6.07, 6.45) is 25.6. The molecule has 0 saturated carbocycles. The molecule has 2 aromatic rings. The molecule has 2 unspecified atom stereocenters. The Labute approximate surface area is 264 Å². The summed E-state index contributed by atoms with van der Waals surface area (Å²) in [6, 6.07) is 1.85. The fourth-order valence-electron chi connectivity index (χ4n) is 5.60. The molecule has 1 amide bonds. The van der Waals surface area contributed by atoms with Gasteiger partial charge >= 0.3 is 6.09 Å². The predicted molar refractivity (Wildman–Crippen MR) is 172 cm³/mol. The van der Waals surface area contributed by atoms with Crippen molar-refractivity contribution >= 4 is 17.4 Å². The first-order chi connectivity index (χ1) is 21.2. The van der Waals surface area contributed by atoms with Crippen molar-refractivity contribution in [3.63, 3.8) is 0 Å². The number of hydrogen-bond acceptors (Lipinski definition) is 7. The number of nitrogens with zero attached hydrogens (tertiary/aromatic N) is 2. The molecular weight excluding hydrogens is 562 g/mol. The molecule has 1 N–H and O–H groups in total. The maximum absolute atomic E-state index is 12.4. The van der Waals surface area contributed by atoms with Crippen LogP contribution in [-0.4, -0.2) is 43.2 Å². The molecule has 8 nitrogen and oxygen atoms in total. The fourth-order valence-corrected chi connectivity index (χ4v) is 6.23. The second-order valence-corrected chi connectivity index (χ2v) is 12.8. The third-order valence-corrected chi connectivity index (χ3v) is 8.91. The van der Waals surface area contributed by atoms with E-state index in [1.165, 1.54) is 83.5 Å². The van der Waals surface area contributed by atoms with Gasteiger partial charge < -0.3 is 24.1 Å². The van der Waals surface area contributed by atoms with Crippen molar-refractivity contribution < 1.29 is 28.1 Å². The fraction of sp³-hybridized carbons (Fsp3) is 0.794. The number of rotatable bonds is 25. The molecule has 0 aliphatic carbocycles. The smallest absolute Gasteiger partial charge is 0.407 e.